The van der Waals surface area contributed by atoms with Crippen LogP contribution in [-0.2, 0) is 0 Å². The molecular formula is C12H10F2OS. The molecule has 1 aromatic heterocycles. The van der Waals surface area contributed by atoms with Gasteiger partial charge in [-0.15, -0.1) is 10.5 Å². The summed E-state index contributed by atoms with van der Waals surface area (Å²) in [6, 6.07) is 7.37. The molecule has 0 radical (unpaired) electrons. The van der Waals surface area contributed by atoms with Crippen molar-refractivity contribution in [2.75, 3.05) is 6.26 Å². The zero-order valence-corrected chi connectivity index (χ0v) is 9.48. The number of hydrogen-bond acceptors (Lipinski definition) is 1. The highest BCUT2D eigenvalue weighted by Gasteiger charge is 2.12. The van der Waals surface area contributed by atoms with Crippen molar-refractivity contribution >= 4 is 16.4 Å². The van der Waals surface area contributed by atoms with Crippen molar-refractivity contribution in [2.24, 2.45) is 0 Å². The third-order valence-electron chi connectivity index (χ3n) is 2.14. The maximum Gasteiger partial charge on any atom is 0.169 e. The molecule has 1 aromatic carbocycles. The monoisotopic (exact) mass is 240 g/mol. The average Bonchev–Trinajstić information content (AvgIpc) is 2.71. The first-order chi connectivity index (χ1) is 7.59. The van der Waals surface area contributed by atoms with Crippen LogP contribution in [0.25, 0.3) is 11.3 Å². The van der Waals surface area contributed by atoms with Gasteiger partial charge in [-0.25, -0.2) is 8.78 Å². The second-order valence-corrected chi connectivity index (χ2v) is 5.03. The maximum atomic E-state index is 13.4. The van der Waals surface area contributed by atoms with Crippen LogP contribution in [0.1, 0.15) is 0 Å². The Balaban J connectivity index is 2.50. The Kier molecular flexibility index (Phi) is 2.92. The van der Waals surface area contributed by atoms with Crippen LogP contribution in [0.4, 0.5) is 8.78 Å². The molecule has 0 aliphatic carbocycles. The Labute approximate surface area is 94.6 Å². The van der Waals surface area contributed by atoms with Crippen LogP contribution < -0.4 is 0 Å². The predicted octanol–water partition coefficient (Wildman–Crippen LogP) is 3.91. The van der Waals surface area contributed by atoms with E-state index >= 15 is 0 Å². The van der Waals surface area contributed by atoms with Gasteiger partial charge in [0.15, 0.2) is 16.7 Å². The van der Waals surface area contributed by atoms with Crippen molar-refractivity contribution in [3.63, 3.8) is 0 Å². The SMILES string of the molecule is C=S(C)c1ccc(-c2cccc(F)c2F)o1. The molecule has 1 nitrogen and oxygen atoms in total. The molecule has 4 heteroatoms. The van der Waals surface area contributed by atoms with Crippen LogP contribution >= 0.6 is 10.5 Å². The Bertz CT molecular complexity index is 546. The lowest BCUT2D eigenvalue weighted by Gasteiger charge is -2.00. The summed E-state index contributed by atoms with van der Waals surface area (Å²) in [5.41, 5.74) is 0.136. The van der Waals surface area contributed by atoms with Gasteiger partial charge in [0.2, 0.25) is 0 Å². The zero-order chi connectivity index (χ0) is 11.7. The van der Waals surface area contributed by atoms with Gasteiger partial charge in [0.05, 0.1) is 5.56 Å². The lowest BCUT2D eigenvalue weighted by molar-refractivity contribution is 0.474. The van der Waals surface area contributed by atoms with Gasteiger partial charge in [-0.1, -0.05) is 11.9 Å². The molecule has 1 atom stereocenters. The molecule has 0 bridgehead atoms. The number of benzene rings is 1. The molecule has 2 aromatic rings. The molecule has 0 spiro atoms. The van der Waals surface area contributed by atoms with Gasteiger partial charge in [-0.05, 0) is 30.5 Å². The van der Waals surface area contributed by atoms with Crippen molar-refractivity contribution in [1.82, 2.24) is 0 Å². The van der Waals surface area contributed by atoms with Crippen LogP contribution in [0.2, 0.25) is 0 Å². The predicted molar refractivity (Wildman–Crippen MR) is 63.0 cm³/mol. The van der Waals surface area contributed by atoms with Crippen molar-refractivity contribution < 1.29 is 13.2 Å². The highest BCUT2D eigenvalue weighted by Crippen LogP contribution is 2.31. The van der Waals surface area contributed by atoms with Crippen LogP contribution in [0.15, 0.2) is 39.8 Å². The van der Waals surface area contributed by atoms with E-state index in [4.69, 9.17) is 4.42 Å². The van der Waals surface area contributed by atoms with Crippen LogP contribution in [0, 0.1) is 11.6 Å². The lowest BCUT2D eigenvalue weighted by Crippen LogP contribution is -1.87. The number of furan rings is 1. The summed E-state index contributed by atoms with van der Waals surface area (Å²) < 4.78 is 31.9. The Morgan fingerprint density at radius 1 is 1.19 bits per heavy atom. The van der Waals surface area contributed by atoms with E-state index in [-0.39, 0.29) is 16.0 Å². The fourth-order valence-corrected chi connectivity index (χ4v) is 1.88. The summed E-state index contributed by atoms with van der Waals surface area (Å²) in [6.45, 7) is 0. The van der Waals surface area contributed by atoms with E-state index < -0.39 is 11.6 Å². The maximum absolute atomic E-state index is 13.4. The third-order valence-corrected chi connectivity index (χ3v) is 3.05. The molecule has 1 heterocycles. The van der Waals surface area contributed by atoms with Crippen molar-refractivity contribution in [2.45, 2.75) is 5.09 Å². The van der Waals surface area contributed by atoms with Gasteiger partial charge >= 0.3 is 0 Å². The van der Waals surface area contributed by atoms with Crippen molar-refractivity contribution in [1.29, 1.82) is 0 Å². The molecule has 16 heavy (non-hydrogen) atoms. The topological polar surface area (TPSA) is 13.1 Å². The molecular weight excluding hydrogens is 230 g/mol. The molecule has 2 rings (SSSR count). The molecule has 0 saturated heterocycles. The molecule has 0 fully saturated rings. The summed E-state index contributed by atoms with van der Waals surface area (Å²) in [4.78, 5) is 0. The van der Waals surface area contributed by atoms with Gasteiger partial charge in [0, 0.05) is 0 Å². The van der Waals surface area contributed by atoms with Crippen LogP contribution in [-0.4, -0.2) is 12.1 Å². The van der Waals surface area contributed by atoms with Gasteiger partial charge in [-0.3, -0.25) is 0 Å². The van der Waals surface area contributed by atoms with E-state index in [2.05, 4.69) is 5.87 Å². The Morgan fingerprint density at radius 2 is 1.94 bits per heavy atom. The smallest absolute Gasteiger partial charge is 0.169 e. The second kappa shape index (κ2) is 4.22. The quantitative estimate of drug-likeness (QED) is 0.725. The fraction of sp³-hybridized carbons (Fsp3) is 0.0833. The second-order valence-electron chi connectivity index (χ2n) is 3.36. The standard InChI is InChI=1S/C12H10F2OS/c1-16(2)11-7-6-10(15-11)8-4-3-5-9(13)12(8)14/h3-7H,1H2,2H3. The Morgan fingerprint density at radius 3 is 2.56 bits per heavy atom. The van der Waals surface area contributed by atoms with E-state index in [1.54, 1.807) is 12.1 Å². The van der Waals surface area contributed by atoms with Gasteiger partial charge < -0.3 is 4.42 Å². The van der Waals surface area contributed by atoms with Crippen molar-refractivity contribution in [3.8, 4) is 11.3 Å². The number of halogens is 2. The van der Waals surface area contributed by atoms with Crippen LogP contribution in [0.5, 0.6) is 0 Å². The van der Waals surface area contributed by atoms with Gasteiger partial charge in [-0.2, -0.15) is 0 Å². The van der Waals surface area contributed by atoms with E-state index in [0.717, 1.165) is 6.07 Å². The van der Waals surface area contributed by atoms with E-state index in [0.29, 0.717) is 10.9 Å². The summed E-state index contributed by atoms with van der Waals surface area (Å²) in [7, 11) is -0.277. The zero-order valence-electron chi connectivity index (χ0n) is 8.67. The first kappa shape index (κ1) is 11.1. The minimum Gasteiger partial charge on any atom is -0.450 e. The van der Waals surface area contributed by atoms with Gasteiger partial charge in [0.25, 0.3) is 0 Å². The first-order valence-electron chi connectivity index (χ1n) is 4.59. The largest absolute Gasteiger partial charge is 0.450 e. The lowest BCUT2D eigenvalue weighted by atomic mass is 10.1. The molecule has 0 aliphatic rings. The average molecular weight is 240 g/mol. The van der Waals surface area contributed by atoms with Gasteiger partial charge in [0.1, 0.15) is 5.76 Å². The highest BCUT2D eigenvalue weighted by molar-refractivity contribution is 8.13. The molecule has 0 amide bonds. The number of rotatable bonds is 2. The van der Waals surface area contributed by atoms with E-state index in [1.165, 1.54) is 12.1 Å². The Hall–Kier alpha value is -1.42. The minimum absolute atomic E-state index is 0.136. The molecule has 1 unspecified atom stereocenters. The minimum atomic E-state index is -0.886. The first-order valence-corrected chi connectivity index (χ1v) is 6.39. The fourth-order valence-electron chi connectivity index (χ4n) is 1.35. The van der Waals surface area contributed by atoms with Crippen molar-refractivity contribution in [3.05, 3.63) is 42.0 Å². The number of hydrogen-bond donors (Lipinski definition) is 0. The molecule has 84 valence electrons. The molecule has 0 N–H and O–H groups in total. The van der Waals surface area contributed by atoms with Crippen LogP contribution in [0.3, 0.4) is 0 Å². The molecule has 0 aliphatic heterocycles. The summed E-state index contributed by atoms with van der Waals surface area (Å²) >= 11 is 0. The third kappa shape index (κ3) is 1.93. The molecule has 0 saturated carbocycles. The normalized spacial score (nSPS) is 12.7. The van der Waals surface area contributed by atoms with E-state index in [9.17, 15) is 8.78 Å². The highest BCUT2D eigenvalue weighted by atomic mass is 32.2. The summed E-state index contributed by atoms with van der Waals surface area (Å²) in [5, 5.41) is 0.679. The van der Waals surface area contributed by atoms with E-state index in [1.807, 2.05) is 6.26 Å². The summed E-state index contributed by atoms with van der Waals surface area (Å²) in [6.07, 6.45) is 1.89. The summed E-state index contributed by atoms with van der Waals surface area (Å²) in [5.74, 6) is 2.39.